The molecule has 0 radical (unpaired) electrons. The van der Waals surface area contributed by atoms with Crippen molar-refractivity contribution in [2.75, 3.05) is 18.1 Å². The number of ether oxygens (including phenoxy) is 1. The fourth-order valence-corrected chi connectivity index (χ4v) is 4.86. The van der Waals surface area contributed by atoms with Crippen molar-refractivity contribution < 1.29 is 4.74 Å². The highest BCUT2D eigenvalue weighted by atomic mass is 79.9. The Kier molecular flexibility index (Phi) is 4.96. The molecule has 0 unspecified atom stereocenters. The van der Waals surface area contributed by atoms with Crippen LogP contribution in [0.15, 0.2) is 59.3 Å². The Morgan fingerprint density at radius 3 is 2.79 bits per heavy atom. The van der Waals surface area contributed by atoms with Crippen molar-refractivity contribution in [3.05, 3.63) is 75.7 Å². The summed E-state index contributed by atoms with van der Waals surface area (Å²) >= 11 is 9.82. The van der Waals surface area contributed by atoms with Crippen molar-refractivity contribution in [3.8, 4) is 16.9 Å². The molecular formula is C25H19BrClN5O. The summed E-state index contributed by atoms with van der Waals surface area (Å²) in [6.07, 6.45) is 1.59. The molecule has 0 amide bonds. The predicted molar refractivity (Wildman–Crippen MR) is 135 cm³/mol. The van der Waals surface area contributed by atoms with Crippen LogP contribution in [0.2, 0.25) is 5.02 Å². The third kappa shape index (κ3) is 3.71. The van der Waals surface area contributed by atoms with Crippen LogP contribution >= 0.6 is 27.5 Å². The smallest absolute Gasteiger partial charge is 0.140 e. The third-order valence-corrected chi connectivity index (χ3v) is 7.13. The van der Waals surface area contributed by atoms with Gasteiger partial charge in [-0.3, -0.25) is 0 Å². The Hall–Kier alpha value is -3.16. The first-order chi connectivity index (χ1) is 16.0. The molecule has 6 rings (SSSR count). The van der Waals surface area contributed by atoms with Gasteiger partial charge in [0.2, 0.25) is 0 Å². The van der Waals surface area contributed by atoms with Gasteiger partial charge >= 0.3 is 0 Å². The first-order valence-corrected chi connectivity index (χ1v) is 11.8. The largest absolute Gasteiger partial charge is 0.491 e. The maximum absolute atomic E-state index is 6.29. The second-order valence-corrected chi connectivity index (χ2v) is 9.39. The molecule has 1 aliphatic heterocycles. The van der Waals surface area contributed by atoms with E-state index in [1.165, 1.54) is 0 Å². The summed E-state index contributed by atoms with van der Waals surface area (Å²) in [4.78, 5) is 19.1. The van der Waals surface area contributed by atoms with Gasteiger partial charge in [0.1, 0.15) is 30.3 Å². The first kappa shape index (κ1) is 20.4. The van der Waals surface area contributed by atoms with E-state index >= 15 is 0 Å². The second kappa shape index (κ2) is 8.01. The van der Waals surface area contributed by atoms with E-state index in [2.05, 4.69) is 77.2 Å². The number of aromatic amines is 1. The number of nitrogens with one attached hydrogen (secondary N) is 1. The molecule has 1 aliphatic rings. The Morgan fingerprint density at radius 2 is 1.88 bits per heavy atom. The lowest BCUT2D eigenvalue weighted by molar-refractivity contribution is 0.331. The molecule has 0 saturated carbocycles. The van der Waals surface area contributed by atoms with Crippen molar-refractivity contribution in [2.24, 2.45) is 0 Å². The molecule has 5 aromatic rings. The number of hydrogen-bond acceptors (Lipinski definition) is 5. The van der Waals surface area contributed by atoms with Crippen LogP contribution in [0.25, 0.3) is 33.1 Å². The summed E-state index contributed by atoms with van der Waals surface area (Å²) in [6, 6.07) is 16.5. The molecule has 0 bridgehead atoms. The number of fused-ring (bicyclic) bond motifs is 3. The number of aromatic nitrogens is 4. The van der Waals surface area contributed by atoms with Gasteiger partial charge in [0, 0.05) is 22.0 Å². The van der Waals surface area contributed by atoms with Crippen molar-refractivity contribution in [1.82, 2.24) is 19.9 Å². The fraction of sp³-hybridized carbons (Fsp3) is 0.160. The summed E-state index contributed by atoms with van der Waals surface area (Å²) in [6.45, 7) is 3.94. The normalized spacial score (nSPS) is 13.7. The van der Waals surface area contributed by atoms with Gasteiger partial charge in [-0.05, 0) is 70.4 Å². The molecule has 2 aromatic heterocycles. The second-order valence-electron chi connectivity index (χ2n) is 8.13. The van der Waals surface area contributed by atoms with Gasteiger partial charge in [-0.1, -0.05) is 23.7 Å². The number of aryl methyl sites for hydroxylation is 1. The highest BCUT2D eigenvalue weighted by Crippen LogP contribution is 2.35. The fourth-order valence-electron chi connectivity index (χ4n) is 4.36. The Balaban J connectivity index is 1.40. The Labute approximate surface area is 203 Å². The van der Waals surface area contributed by atoms with Crippen LogP contribution in [0.4, 0.5) is 5.82 Å². The van der Waals surface area contributed by atoms with Crippen molar-refractivity contribution >= 4 is 55.3 Å². The van der Waals surface area contributed by atoms with E-state index in [0.29, 0.717) is 18.2 Å². The number of nitrogens with zero attached hydrogens (tertiary/aromatic N) is 4. The molecule has 1 N–H and O–H groups in total. The van der Waals surface area contributed by atoms with E-state index in [1.807, 2.05) is 19.1 Å². The third-order valence-electron chi connectivity index (χ3n) is 5.93. The summed E-state index contributed by atoms with van der Waals surface area (Å²) in [7, 11) is 0. The van der Waals surface area contributed by atoms with Gasteiger partial charge < -0.3 is 14.6 Å². The van der Waals surface area contributed by atoms with Gasteiger partial charge in [-0.15, -0.1) is 0 Å². The number of H-pyrrole nitrogens is 1. The molecule has 6 nitrogen and oxygen atoms in total. The van der Waals surface area contributed by atoms with Crippen LogP contribution in [-0.2, 0) is 6.54 Å². The van der Waals surface area contributed by atoms with Gasteiger partial charge in [-0.25, -0.2) is 15.0 Å². The molecule has 0 fully saturated rings. The van der Waals surface area contributed by atoms with Gasteiger partial charge in [0.15, 0.2) is 0 Å². The number of rotatable bonds is 2. The summed E-state index contributed by atoms with van der Waals surface area (Å²) in [5.41, 5.74) is 6.21. The average Bonchev–Trinajstić information content (AvgIpc) is 3.05. The van der Waals surface area contributed by atoms with Gasteiger partial charge in [0.25, 0.3) is 0 Å². The number of imidazole rings is 1. The molecule has 3 heterocycles. The van der Waals surface area contributed by atoms with Crippen LogP contribution in [-0.4, -0.2) is 33.1 Å². The molecule has 164 valence electrons. The summed E-state index contributed by atoms with van der Waals surface area (Å²) in [5, 5.41) is 1.58. The Bertz CT molecular complexity index is 1530. The average molecular weight is 521 g/mol. The number of benzene rings is 3. The lowest BCUT2D eigenvalue weighted by Gasteiger charge is -2.22. The van der Waals surface area contributed by atoms with Crippen LogP contribution in [0.3, 0.4) is 0 Å². The predicted octanol–water partition coefficient (Wildman–Crippen LogP) is 6.30. The van der Waals surface area contributed by atoms with E-state index in [-0.39, 0.29) is 0 Å². The SMILES string of the molecule is Cc1nc2ccc(-c3ccc4c(c3)CN(c3ncnc5cc(Cl)c(Br)cc35)CCO4)cc2[nH]1. The lowest BCUT2D eigenvalue weighted by Crippen LogP contribution is -2.26. The molecule has 0 spiro atoms. The van der Waals surface area contributed by atoms with Crippen molar-refractivity contribution in [1.29, 1.82) is 0 Å². The van der Waals surface area contributed by atoms with E-state index in [4.69, 9.17) is 16.3 Å². The van der Waals surface area contributed by atoms with E-state index in [0.717, 1.165) is 67.0 Å². The topological polar surface area (TPSA) is 66.9 Å². The molecule has 0 aliphatic carbocycles. The summed E-state index contributed by atoms with van der Waals surface area (Å²) < 4.78 is 6.91. The minimum atomic E-state index is 0.575. The molecular weight excluding hydrogens is 502 g/mol. The zero-order valence-electron chi connectivity index (χ0n) is 17.8. The molecule has 33 heavy (non-hydrogen) atoms. The maximum Gasteiger partial charge on any atom is 0.140 e. The quantitative estimate of drug-likeness (QED) is 0.296. The monoisotopic (exact) mass is 519 g/mol. The molecule has 0 atom stereocenters. The molecule has 0 saturated heterocycles. The zero-order chi connectivity index (χ0) is 22.5. The van der Waals surface area contributed by atoms with Crippen molar-refractivity contribution in [2.45, 2.75) is 13.5 Å². The van der Waals surface area contributed by atoms with Crippen LogP contribution in [0.5, 0.6) is 5.75 Å². The maximum atomic E-state index is 6.29. The van der Waals surface area contributed by atoms with Crippen molar-refractivity contribution in [3.63, 3.8) is 0 Å². The molecule has 8 heteroatoms. The van der Waals surface area contributed by atoms with Crippen LogP contribution in [0, 0.1) is 6.92 Å². The molecule has 3 aromatic carbocycles. The van der Waals surface area contributed by atoms with Crippen LogP contribution in [0.1, 0.15) is 11.4 Å². The van der Waals surface area contributed by atoms with E-state index < -0.39 is 0 Å². The Morgan fingerprint density at radius 1 is 1.03 bits per heavy atom. The highest BCUT2D eigenvalue weighted by Gasteiger charge is 2.20. The lowest BCUT2D eigenvalue weighted by atomic mass is 10.0. The van der Waals surface area contributed by atoms with Crippen LogP contribution < -0.4 is 9.64 Å². The number of anilines is 1. The number of halogens is 2. The summed E-state index contributed by atoms with van der Waals surface area (Å²) in [5.74, 6) is 2.69. The standard InChI is InChI=1S/C25H19BrClN5O/c1-14-30-21-4-2-16(9-23(21)31-14)15-3-5-24-17(8-15)12-32(6-7-33-24)25-18-10-19(26)20(27)11-22(18)28-13-29-25/h2-5,8-11,13H,6-7,12H2,1H3,(H,30,31). The number of hydrogen-bond donors (Lipinski definition) is 1. The zero-order valence-corrected chi connectivity index (χ0v) is 20.1. The van der Waals surface area contributed by atoms with E-state index in [9.17, 15) is 0 Å². The van der Waals surface area contributed by atoms with E-state index in [1.54, 1.807) is 6.33 Å². The highest BCUT2D eigenvalue weighted by molar-refractivity contribution is 9.10. The van der Waals surface area contributed by atoms with Gasteiger partial charge in [-0.2, -0.15) is 0 Å². The minimum Gasteiger partial charge on any atom is -0.491 e. The first-order valence-electron chi connectivity index (χ1n) is 10.6. The van der Waals surface area contributed by atoms with Gasteiger partial charge in [0.05, 0.1) is 28.1 Å². The minimum absolute atomic E-state index is 0.575.